The maximum atomic E-state index is 12.2. The van der Waals surface area contributed by atoms with Crippen LogP contribution in [-0.4, -0.2) is 35.9 Å². The maximum Gasteiger partial charge on any atom is 0.308 e. The molecule has 1 atom stereocenters. The molecule has 31 heavy (non-hydrogen) atoms. The number of ether oxygens (including phenoxy) is 4. The Balaban J connectivity index is 1.99. The Morgan fingerprint density at radius 1 is 0.968 bits per heavy atom. The average Bonchev–Trinajstić information content (AvgIpc) is 3.14. The molecule has 0 bridgehead atoms. The molecule has 0 aromatic heterocycles. The number of esters is 2. The van der Waals surface area contributed by atoms with Crippen molar-refractivity contribution in [2.75, 3.05) is 7.11 Å². The van der Waals surface area contributed by atoms with E-state index in [0.29, 0.717) is 15.6 Å². The third-order valence-electron chi connectivity index (χ3n) is 4.12. The fourth-order valence-electron chi connectivity index (χ4n) is 2.88. The van der Waals surface area contributed by atoms with Crippen molar-refractivity contribution >= 4 is 39.7 Å². The molecule has 3 rings (SSSR count). The predicted molar refractivity (Wildman–Crippen MR) is 113 cm³/mol. The largest absolute Gasteiger partial charge is 0.493 e. The van der Waals surface area contributed by atoms with Gasteiger partial charge in [0.2, 0.25) is 18.0 Å². The fourth-order valence-corrected chi connectivity index (χ4v) is 3.24. The average molecular weight is 491 g/mol. The van der Waals surface area contributed by atoms with Gasteiger partial charge >= 0.3 is 11.9 Å². The van der Waals surface area contributed by atoms with Gasteiger partial charge in [-0.05, 0) is 36.4 Å². The molecule has 0 fully saturated rings. The summed E-state index contributed by atoms with van der Waals surface area (Å²) in [4.78, 5) is 35.0. The third kappa shape index (κ3) is 5.02. The lowest BCUT2D eigenvalue weighted by Gasteiger charge is -2.20. The van der Waals surface area contributed by atoms with Crippen molar-refractivity contribution in [3.05, 3.63) is 52.0 Å². The number of carbonyl (C=O) groups is 3. The molecule has 0 saturated carbocycles. The smallest absolute Gasteiger partial charge is 0.308 e. The van der Waals surface area contributed by atoms with E-state index in [0.717, 1.165) is 5.01 Å². The zero-order valence-corrected chi connectivity index (χ0v) is 18.8. The van der Waals surface area contributed by atoms with Crippen LogP contribution < -0.4 is 14.2 Å². The van der Waals surface area contributed by atoms with Gasteiger partial charge in [0.1, 0.15) is 5.75 Å². The van der Waals surface area contributed by atoms with E-state index in [-0.39, 0.29) is 29.1 Å². The molecule has 2 aromatic rings. The van der Waals surface area contributed by atoms with Gasteiger partial charge in [0.25, 0.3) is 0 Å². The highest BCUT2D eigenvalue weighted by atomic mass is 79.9. The summed E-state index contributed by atoms with van der Waals surface area (Å²) in [5.41, 5.74) is 0.924. The summed E-state index contributed by atoms with van der Waals surface area (Å²) in [7, 11) is 1.43. The van der Waals surface area contributed by atoms with Crippen LogP contribution in [0.15, 0.2) is 46.0 Å². The summed E-state index contributed by atoms with van der Waals surface area (Å²) in [5.74, 6) is -0.512. The van der Waals surface area contributed by atoms with Gasteiger partial charge in [0.15, 0.2) is 11.5 Å². The highest BCUT2D eigenvalue weighted by Crippen LogP contribution is 2.37. The highest BCUT2D eigenvalue weighted by Gasteiger charge is 2.35. The van der Waals surface area contributed by atoms with E-state index < -0.39 is 18.2 Å². The van der Waals surface area contributed by atoms with Crippen molar-refractivity contribution in [2.24, 2.45) is 5.10 Å². The molecule has 2 aromatic carbocycles. The lowest BCUT2D eigenvalue weighted by Crippen LogP contribution is -2.25. The summed E-state index contributed by atoms with van der Waals surface area (Å²) in [6, 6.07) is 9.73. The van der Waals surface area contributed by atoms with E-state index in [9.17, 15) is 14.4 Å². The molecule has 0 saturated heterocycles. The van der Waals surface area contributed by atoms with Crippen molar-refractivity contribution < 1.29 is 33.3 Å². The molecule has 1 aliphatic rings. The molecule has 1 amide bonds. The molecular formula is C21H19BrN2O7. The van der Waals surface area contributed by atoms with Crippen LogP contribution in [0.3, 0.4) is 0 Å². The van der Waals surface area contributed by atoms with Gasteiger partial charge in [-0.1, -0.05) is 15.9 Å². The molecule has 0 N–H and O–H groups in total. The number of hydrogen-bond donors (Lipinski definition) is 0. The SMILES string of the molecule is COc1cc([C@@H]2OC(c3cc(Br)ccc3OC(C)=O)=NN2C(C)=O)ccc1OC(C)=O. The minimum atomic E-state index is -0.906. The van der Waals surface area contributed by atoms with Crippen molar-refractivity contribution in [2.45, 2.75) is 27.0 Å². The van der Waals surface area contributed by atoms with Crippen LogP contribution >= 0.6 is 15.9 Å². The van der Waals surface area contributed by atoms with Crippen LogP contribution in [0.25, 0.3) is 0 Å². The second-order valence-corrected chi connectivity index (χ2v) is 7.39. The number of rotatable bonds is 5. The lowest BCUT2D eigenvalue weighted by molar-refractivity contribution is -0.135. The van der Waals surface area contributed by atoms with Crippen LogP contribution in [0.4, 0.5) is 0 Å². The van der Waals surface area contributed by atoms with Gasteiger partial charge in [-0.15, -0.1) is 5.10 Å². The van der Waals surface area contributed by atoms with Gasteiger partial charge in [0.05, 0.1) is 12.7 Å². The van der Waals surface area contributed by atoms with Gasteiger partial charge < -0.3 is 18.9 Å². The van der Waals surface area contributed by atoms with E-state index in [2.05, 4.69) is 21.0 Å². The minimum Gasteiger partial charge on any atom is -0.493 e. The molecule has 0 unspecified atom stereocenters. The summed E-state index contributed by atoms with van der Waals surface area (Å²) >= 11 is 3.37. The molecule has 9 nitrogen and oxygen atoms in total. The fraction of sp³-hybridized carbons (Fsp3) is 0.238. The van der Waals surface area contributed by atoms with Crippen molar-refractivity contribution in [3.8, 4) is 17.2 Å². The number of benzene rings is 2. The van der Waals surface area contributed by atoms with E-state index >= 15 is 0 Å². The quantitative estimate of drug-likeness (QED) is 0.466. The number of hydrogen-bond acceptors (Lipinski definition) is 8. The number of amides is 1. The predicted octanol–water partition coefficient (Wildman–Crippen LogP) is 3.55. The Hall–Kier alpha value is -3.40. The van der Waals surface area contributed by atoms with Crippen LogP contribution in [-0.2, 0) is 19.1 Å². The Bertz CT molecular complexity index is 1080. The Labute approximate surface area is 186 Å². The van der Waals surface area contributed by atoms with Crippen LogP contribution in [0.5, 0.6) is 17.2 Å². The van der Waals surface area contributed by atoms with E-state index in [1.165, 1.54) is 27.9 Å². The van der Waals surface area contributed by atoms with Crippen LogP contribution in [0, 0.1) is 0 Å². The normalized spacial score (nSPS) is 15.1. The van der Waals surface area contributed by atoms with Crippen LogP contribution in [0.2, 0.25) is 0 Å². The first-order valence-electron chi connectivity index (χ1n) is 9.09. The second-order valence-electron chi connectivity index (χ2n) is 6.48. The van der Waals surface area contributed by atoms with E-state index in [1.807, 2.05) is 0 Å². The lowest BCUT2D eigenvalue weighted by atomic mass is 10.1. The molecule has 162 valence electrons. The van der Waals surface area contributed by atoms with Crippen molar-refractivity contribution in [3.63, 3.8) is 0 Å². The number of hydrazone groups is 1. The van der Waals surface area contributed by atoms with Gasteiger partial charge in [0, 0.05) is 30.8 Å². The number of nitrogens with zero attached hydrogens (tertiary/aromatic N) is 2. The Morgan fingerprint density at radius 3 is 2.23 bits per heavy atom. The molecule has 0 radical (unpaired) electrons. The summed E-state index contributed by atoms with van der Waals surface area (Å²) in [5, 5.41) is 5.45. The van der Waals surface area contributed by atoms with Crippen molar-refractivity contribution in [1.82, 2.24) is 5.01 Å². The van der Waals surface area contributed by atoms with Gasteiger partial charge in [-0.25, -0.2) is 0 Å². The number of carbonyl (C=O) groups excluding carboxylic acids is 3. The second kappa shape index (κ2) is 9.17. The topological polar surface area (TPSA) is 104 Å². The summed E-state index contributed by atoms with van der Waals surface area (Å²) in [6.45, 7) is 3.91. The van der Waals surface area contributed by atoms with Crippen LogP contribution in [0.1, 0.15) is 38.1 Å². The number of methoxy groups -OCH3 is 1. The Kier molecular flexibility index (Phi) is 6.59. The molecule has 10 heteroatoms. The summed E-state index contributed by atoms with van der Waals surface area (Å²) in [6.07, 6.45) is -0.906. The zero-order valence-electron chi connectivity index (χ0n) is 17.2. The molecule has 1 aliphatic heterocycles. The standard InChI is InChI=1S/C21H19BrN2O7/c1-11(25)24-21(14-5-7-18(30-13(3)27)19(9-14)28-4)31-20(23-24)16-10-15(22)6-8-17(16)29-12(2)26/h5-10,21H,1-4H3/t21-/m0/s1. The number of halogens is 1. The van der Waals surface area contributed by atoms with Crippen molar-refractivity contribution in [1.29, 1.82) is 0 Å². The van der Waals surface area contributed by atoms with Gasteiger partial charge in [-0.3, -0.25) is 14.4 Å². The first-order valence-corrected chi connectivity index (χ1v) is 9.88. The summed E-state index contributed by atoms with van der Waals surface area (Å²) < 4.78 is 22.3. The highest BCUT2D eigenvalue weighted by molar-refractivity contribution is 9.10. The minimum absolute atomic E-state index is 0.0979. The molecular weight excluding hydrogens is 472 g/mol. The molecule has 0 spiro atoms. The first kappa shape index (κ1) is 22.3. The zero-order chi connectivity index (χ0) is 22.7. The third-order valence-corrected chi connectivity index (χ3v) is 4.61. The Morgan fingerprint density at radius 2 is 1.61 bits per heavy atom. The maximum absolute atomic E-state index is 12.2. The van der Waals surface area contributed by atoms with E-state index in [1.54, 1.807) is 36.4 Å². The first-order chi connectivity index (χ1) is 14.7. The molecule has 1 heterocycles. The van der Waals surface area contributed by atoms with E-state index in [4.69, 9.17) is 18.9 Å². The van der Waals surface area contributed by atoms with Gasteiger partial charge in [-0.2, -0.15) is 5.01 Å². The molecule has 0 aliphatic carbocycles. The monoisotopic (exact) mass is 490 g/mol.